The van der Waals surface area contributed by atoms with Crippen LogP contribution < -0.4 is 0 Å². The van der Waals surface area contributed by atoms with Crippen LogP contribution >= 0.6 is 22.9 Å². The van der Waals surface area contributed by atoms with Crippen molar-refractivity contribution >= 4 is 44.5 Å². The van der Waals surface area contributed by atoms with Gasteiger partial charge >= 0.3 is 5.97 Å². The molecule has 1 aliphatic rings. The summed E-state index contributed by atoms with van der Waals surface area (Å²) in [6.07, 6.45) is 0.537. The van der Waals surface area contributed by atoms with Gasteiger partial charge in [0, 0.05) is 32.9 Å². The van der Waals surface area contributed by atoms with Gasteiger partial charge in [-0.3, -0.25) is 4.79 Å². The summed E-state index contributed by atoms with van der Waals surface area (Å²) >= 11 is 7.20. The number of carbonyl (C=O) groups excluding carboxylic acids is 2. The average molecular weight is 492 g/mol. The van der Waals surface area contributed by atoms with Gasteiger partial charge in [0.2, 0.25) is 5.78 Å². The minimum Gasteiger partial charge on any atom is -0.453 e. The normalized spacial score (nSPS) is 17.4. The molecule has 0 N–H and O–H groups in total. The maximum atomic E-state index is 12.7. The van der Waals surface area contributed by atoms with Gasteiger partial charge in [-0.25, -0.2) is 13.2 Å². The lowest BCUT2D eigenvalue weighted by Crippen LogP contribution is -2.16. The topological polar surface area (TPSA) is 82.4 Å². The van der Waals surface area contributed by atoms with Gasteiger partial charge < -0.3 is 9.30 Å². The van der Waals surface area contributed by atoms with E-state index in [9.17, 15) is 18.0 Å². The van der Waals surface area contributed by atoms with Crippen molar-refractivity contribution in [1.29, 1.82) is 0 Å². The second-order valence-electron chi connectivity index (χ2n) is 7.88. The predicted octanol–water partition coefficient (Wildman–Crippen LogP) is 4.89. The van der Waals surface area contributed by atoms with Crippen molar-refractivity contribution in [3.05, 3.63) is 69.3 Å². The number of hydrogen-bond donors (Lipinski definition) is 0. The molecule has 0 saturated carbocycles. The summed E-state index contributed by atoms with van der Waals surface area (Å²) in [6, 6.07) is 12.4. The Morgan fingerprint density at radius 2 is 1.88 bits per heavy atom. The van der Waals surface area contributed by atoms with Gasteiger partial charge in [-0.05, 0) is 56.2 Å². The summed E-state index contributed by atoms with van der Waals surface area (Å²) in [5.41, 5.74) is 2.92. The number of carbonyl (C=O) groups is 2. The number of sulfone groups is 1. The molecular formula is C23H22ClNO5S2. The summed E-state index contributed by atoms with van der Waals surface area (Å²) in [6.45, 7) is 3.27. The van der Waals surface area contributed by atoms with Crippen LogP contribution in [0.3, 0.4) is 0 Å². The number of Topliss-reactive ketones (excluding diaryl/α,β-unsaturated/α-hetero) is 1. The number of hydrogen-bond acceptors (Lipinski definition) is 6. The highest BCUT2D eigenvalue weighted by atomic mass is 35.5. The molecule has 0 radical (unpaired) electrons. The van der Waals surface area contributed by atoms with Crippen LogP contribution in [0.2, 0.25) is 5.02 Å². The monoisotopic (exact) mass is 491 g/mol. The van der Waals surface area contributed by atoms with Crippen LogP contribution in [0.1, 0.15) is 43.9 Å². The first kappa shape index (κ1) is 22.8. The number of aryl methyl sites for hydroxylation is 1. The van der Waals surface area contributed by atoms with Crippen molar-refractivity contribution in [2.45, 2.75) is 26.3 Å². The predicted molar refractivity (Wildman–Crippen MR) is 126 cm³/mol. The van der Waals surface area contributed by atoms with Crippen LogP contribution in [0, 0.1) is 13.8 Å². The minimum atomic E-state index is -3.04. The van der Waals surface area contributed by atoms with Gasteiger partial charge in [0.15, 0.2) is 16.4 Å². The highest BCUT2D eigenvalue weighted by Crippen LogP contribution is 2.31. The van der Waals surface area contributed by atoms with Gasteiger partial charge in [-0.2, -0.15) is 0 Å². The number of aromatic nitrogens is 1. The van der Waals surface area contributed by atoms with Crippen LogP contribution in [0.15, 0.2) is 42.5 Å². The van der Waals surface area contributed by atoms with Crippen molar-refractivity contribution in [3.63, 3.8) is 0 Å². The maximum absolute atomic E-state index is 12.7. The van der Waals surface area contributed by atoms with E-state index < -0.39 is 15.8 Å². The third kappa shape index (κ3) is 4.67. The Kier molecular flexibility index (Phi) is 6.29. The number of halogens is 1. The number of ketones is 1. The summed E-state index contributed by atoms with van der Waals surface area (Å²) < 4.78 is 30.9. The Morgan fingerprint density at radius 1 is 1.16 bits per heavy atom. The van der Waals surface area contributed by atoms with Gasteiger partial charge in [0.25, 0.3) is 0 Å². The first-order chi connectivity index (χ1) is 15.1. The molecule has 4 rings (SSSR count). The van der Waals surface area contributed by atoms with E-state index in [1.54, 1.807) is 31.2 Å². The first-order valence-electron chi connectivity index (χ1n) is 10.1. The van der Waals surface area contributed by atoms with Crippen LogP contribution in [0.25, 0.3) is 10.4 Å². The van der Waals surface area contributed by atoms with Crippen molar-refractivity contribution in [1.82, 2.24) is 4.57 Å². The van der Waals surface area contributed by atoms with Gasteiger partial charge in [0.1, 0.15) is 4.88 Å². The Balaban J connectivity index is 1.43. The minimum absolute atomic E-state index is 0.0836. The van der Waals surface area contributed by atoms with E-state index in [0.717, 1.165) is 16.1 Å². The lowest BCUT2D eigenvalue weighted by atomic mass is 10.1. The molecule has 3 heterocycles. The van der Waals surface area contributed by atoms with Crippen LogP contribution in [-0.4, -0.2) is 42.9 Å². The molecule has 0 spiro atoms. The second kappa shape index (κ2) is 8.84. The fourth-order valence-electron chi connectivity index (χ4n) is 4.10. The van der Waals surface area contributed by atoms with E-state index >= 15 is 0 Å². The van der Waals surface area contributed by atoms with Crippen molar-refractivity contribution < 1.29 is 22.7 Å². The van der Waals surface area contributed by atoms with E-state index in [0.29, 0.717) is 27.6 Å². The van der Waals surface area contributed by atoms with E-state index in [1.807, 2.05) is 29.7 Å². The SMILES string of the molecule is Cc1cc(C(=O)COC(=O)c2ccc(-c3ccc(Cl)cc3)s2)c(C)n1C1CCS(=O)(=O)C1. The average Bonchev–Trinajstić information content (AvgIpc) is 3.44. The molecule has 0 bridgehead atoms. The largest absolute Gasteiger partial charge is 0.453 e. The third-order valence-corrected chi connectivity index (χ3v) is 8.75. The van der Waals surface area contributed by atoms with Crippen molar-refractivity contribution in [2.75, 3.05) is 18.1 Å². The Hall–Kier alpha value is -2.42. The van der Waals surface area contributed by atoms with E-state index in [-0.39, 0.29) is 29.9 Å². The molecule has 32 heavy (non-hydrogen) atoms. The lowest BCUT2D eigenvalue weighted by Gasteiger charge is -2.16. The smallest absolute Gasteiger partial charge is 0.348 e. The molecule has 6 nitrogen and oxygen atoms in total. The van der Waals surface area contributed by atoms with Crippen molar-refractivity contribution in [3.8, 4) is 10.4 Å². The van der Waals surface area contributed by atoms with Gasteiger partial charge in [0.05, 0.1) is 11.5 Å². The highest BCUT2D eigenvalue weighted by Gasteiger charge is 2.31. The first-order valence-corrected chi connectivity index (χ1v) is 13.1. The molecule has 1 aromatic carbocycles. The molecule has 9 heteroatoms. The maximum Gasteiger partial charge on any atom is 0.348 e. The second-order valence-corrected chi connectivity index (χ2v) is 11.6. The Labute approximate surface area is 195 Å². The molecule has 0 amide bonds. The zero-order chi connectivity index (χ0) is 23.0. The number of benzene rings is 1. The van der Waals surface area contributed by atoms with Crippen LogP contribution in [0.5, 0.6) is 0 Å². The molecule has 168 valence electrons. The molecule has 1 atom stereocenters. The van der Waals surface area contributed by atoms with Crippen molar-refractivity contribution in [2.24, 2.45) is 0 Å². The van der Waals surface area contributed by atoms with E-state index in [2.05, 4.69) is 0 Å². The molecule has 0 aliphatic carbocycles. The number of nitrogens with zero attached hydrogens (tertiary/aromatic N) is 1. The summed E-state index contributed by atoms with van der Waals surface area (Å²) in [7, 11) is -3.04. The van der Waals surface area contributed by atoms with Gasteiger partial charge in [-0.15, -0.1) is 11.3 Å². The standard InChI is InChI=1S/C23H22ClNO5S2/c1-14-11-19(15(2)25(14)18-9-10-32(28,29)13-18)20(26)12-30-23(27)22-8-7-21(31-22)16-3-5-17(24)6-4-16/h3-8,11,18H,9-10,12-13H2,1-2H3. The van der Waals surface area contributed by atoms with Crippen LogP contribution in [0.4, 0.5) is 0 Å². The third-order valence-electron chi connectivity index (χ3n) is 5.63. The number of rotatable bonds is 6. The molecule has 1 saturated heterocycles. The molecule has 1 fully saturated rings. The number of esters is 1. The molecule has 1 aliphatic heterocycles. The summed E-state index contributed by atoms with van der Waals surface area (Å²) in [4.78, 5) is 26.5. The van der Waals surface area contributed by atoms with E-state index in [4.69, 9.17) is 16.3 Å². The fourth-order valence-corrected chi connectivity index (χ4v) is 6.83. The zero-order valence-corrected chi connectivity index (χ0v) is 20.0. The Morgan fingerprint density at radius 3 is 2.53 bits per heavy atom. The quantitative estimate of drug-likeness (QED) is 0.362. The zero-order valence-electron chi connectivity index (χ0n) is 17.6. The fraction of sp³-hybridized carbons (Fsp3) is 0.304. The lowest BCUT2D eigenvalue weighted by molar-refractivity contribution is 0.0479. The van der Waals surface area contributed by atoms with Crippen LogP contribution in [-0.2, 0) is 14.6 Å². The number of ether oxygens (including phenoxy) is 1. The summed E-state index contributed by atoms with van der Waals surface area (Å²) in [5, 5.41) is 0.636. The highest BCUT2D eigenvalue weighted by molar-refractivity contribution is 7.91. The van der Waals surface area contributed by atoms with E-state index in [1.165, 1.54) is 11.3 Å². The molecule has 2 aromatic heterocycles. The molecule has 1 unspecified atom stereocenters. The van der Waals surface area contributed by atoms with Gasteiger partial charge in [-0.1, -0.05) is 23.7 Å². The number of thiophene rings is 1. The molecular weight excluding hydrogens is 470 g/mol. The Bertz CT molecular complexity index is 1290. The summed E-state index contributed by atoms with van der Waals surface area (Å²) in [5.74, 6) is -0.623. The molecule has 3 aromatic rings.